The number of furan rings is 1. The standard InChI is InChI=1S/C15H18N2O3/c1-9(13-7-8-14(20-13)15(18)19)17-10(2)16-11-5-3-4-6-12(11)17/h7-9H,3-6H2,1-2H3,(H,18,19). The van der Waals surface area contributed by atoms with Crippen molar-refractivity contribution in [1.29, 1.82) is 0 Å². The van der Waals surface area contributed by atoms with E-state index in [1.807, 2.05) is 13.8 Å². The zero-order valence-electron chi connectivity index (χ0n) is 11.7. The van der Waals surface area contributed by atoms with Crippen molar-refractivity contribution in [3.8, 4) is 0 Å². The van der Waals surface area contributed by atoms with Crippen LogP contribution in [0.1, 0.15) is 59.3 Å². The normalized spacial score (nSPS) is 15.9. The van der Waals surface area contributed by atoms with Crippen LogP contribution in [0.15, 0.2) is 16.5 Å². The van der Waals surface area contributed by atoms with Gasteiger partial charge in [-0.2, -0.15) is 0 Å². The average Bonchev–Trinajstić information content (AvgIpc) is 3.01. The number of rotatable bonds is 3. The minimum Gasteiger partial charge on any atom is -0.475 e. The maximum absolute atomic E-state index is 10.9. The van der Waals surface area contributed by atoms with Crippen molar-refractivity contribution in [2.75, 3.05) is 0 Å². The zero-order chi connectivity index (χ0) is 14.3. The molecule has 106 valence electrons. The first-order valence-electron chi connectivity index (χ1n) is 6.97. The average molecular weight is 274 g/mol. The molecule has 0 radical (unpaired) electrons. The first-order valence-corrected chi connectivity index (χ1v) is 6.97. The van der Waals surface area contributed by atoms with Crippen molar-refractivity contribution in [3.63, 3.8) is 0 Å². The van der Waals surface area contributed by atoms with Crippen molar-refractivity contribution in [2.24, 2.45) is 0 Å². The van der Waals surface area contributed by atoms with E-state index >= 15 is 0 Å². The smallest absolute Gasteiger partial charge is 0.371 e. The maximum Gasteiger partial charge on any atom is 0.371 e. The monoisotopic (exact) mass is 274 g/mol. The molecule has 0 saturated carbocycles. The number of hydrogen-bond acceptors (Lipinski definition) is 3. The van der Waals surface area contributed by atoms with Gasteiger partial charge in [0.05, 0.1) is 11.7 Å². The summed E-state index contributed by atoms with van der Waals surface area (Å²) < 4.78 is 7.61. The Hall–Kier alpha value is -2.04. The third-order valence-corrected chi connectivity index (χ3v) is 3.98. The van der Waals surface area contributed by atoms with Crippen LogP contribution >= 0.6 is 0 Å². The van der Waals surface area contributed by atoms with Gasteiger partial charge in [-0.25, -0.2) is 9.78 Å². The molecular formula is C15H18N2O3. The fourth-order valence-electron chi connectivity index (χ4n) is 3.03. The SMILES string of the molecule is Cc1nc2c(n1C(C)c1ccc(C(=O)O)o1)CCCC2. The highest BCUT2D eigenvalue weighted by atomic mass is 16.4. The Bertz CT molecular complexity index is 654. The van der Waals surface area contributed by atoms with E-state index in [2.05, 4.69) is 9.55 Å². The van der Waals surface area contributed by atoms with E-state index in [0.29, 0.717) is 5.76 Å². The second-order valence-electron chi connectivity index (χ2n) is 5.31. The van der Waals surface area contributed by atoms with Gasteiger partial charge in [0, 0.05) is 5.69 Å². The van der Waals surface area contributed by atoms with Gasteiger partial charge in [-0.05, 0) is 51.7 Å². The van der Waals surface area contributed by atoms with Crippen LogP contribution in [0.2, 0.25) is 0 Å². The fraction of sp³-hybridized carbons (Fsp3) is 0.467. The van der Waals surface area contributed by atoms with E-state index in [1.54, 1.807) is 6.07 Å². The lowest BCUT2D eigenvalue weighted by molar-refractivity contribution is 0.0659. The van der Waals surface area contributed by atoms with Gasteiger partial charge in [0.2, 0.25) is 5.76 Å². The lowest BCUT2D eigenvalue weighted by Gasteiger charge is -2.19. The number of carbonyl (C=O) groups is 1. The molecule has 2 aromatic rings. The number of carboxylic acid groups (broad SMARTS) is 1. The van der Waals surface area contributed by atoms with Gasteiger partial charge >= 0.3 is 5.97 Å². The third kappa shape index (κ3) is 2.03. The first kappa shape index (κ1) is 13.0. The molecule has 5 nitrogen and oxygen atoms in total. The molecule has 1 aliphatic carbocycles. The molecule has 1 N–H and O–H groups in total. The van der Waals surface area contributed by atoms with Gasteiger partial charge in [-0.3, -0.25) is 0 Å². The van der Waals surface area contributed by atoms with E-state index in [1.165, 1.54) is 30.3 Å². The minimum atomic E-state index is -1.03. The quantitative estimate of drug-likeness (QED) is 0.934. The van der Waals surface area contributed by atoms with Crippen LogP contribution in [0.4, 0.5) is 0 Å². The Labute approximate surface area is 117 Å². The molecule has 2 heterocycles. The highest BCUT2D eigenvalue weighted by Gasteiger charge is 2.24. The summed E-state index contributed by atoms with van der Waals surface area (Å²) in [6.07, 6.45) is 4.45. The molecule has 0 bridgehead atoms. The summed E-state index contributed by atoms with van der Waals surface area (Å²) in [4.78, 5) is 15.6. The van der Waals surface area contributed by atoms with E-state index in [4.69, 9.17) is 9.52 Å². The largest absolute Gasteiger partial charge is 0.475 e. The van der Waals surface area contributed by atoms with E-state index in [0.717, 1.165) is 18.7 Å². The minimum absolute atomic E-state index is 0.0153. The van der Waals surface area contributed by atoms with Gasteiger partial charge in [0.15, 0.2) is 0 Å². The predicted octanol–water partition coefficient (Wildman–Crippen LogP) is 2.97. The highest BCUT2D eigenvalue weighted by molar-refractivity contribution is 5.84. The van der Waals surface area contributed by atoms with Crippen LogP contribution in [-0.2, 0) is 12.8 Å². The molecule has 1 atom stereocenters. The summed E-state index contributed by atoms with van der Waals surface area (Å²) in [5, 5.41) is 8.94. The van der Waals surface area contributed by atoms with Crippen LogP contribution in [0.3, 0.4) is 0 Å². The molecule has 0 spiro atoms. The number of imidazole rings is 1. The second-order valence-corrected chi connectivity index (χ2v) is 5.31. The summed E-state index contributed by atoms with van der Waals surface area (Å²) in [6, 6.07) is 3.22. The molecule has 0 aromatic carbocycles. The van der Waals surface area contributed by atoms with Crippen LogP contribution in [0.25, 0.3) is 0 Å². The molecule has 0 amide bonds. The van der Waals surface area contributed by atoms with E-state index < -0.39 is 5.97 Å². The molecule has 2 aromatic heterocycles. The predicted molar refractivity (Wildman–Crippen MR) is 73.1 cm³/mol. The Kier molecular flexibility index (Phi) is 3.12. The van der Waals surface area contributed by atoms with Crippen molar-refractivity contribution in [3.05, 3.63) is 40.9 Å². The molecule has 0 saturated heterocycles. The fourth-order valence-corrected chi connectivity index (χ4v) is 3.03. The van der Waals surface area contributed by atoms with Crippen LogP contribution < -0.4 is 0 Å². The topological polar surface area (TPSA) is 68.3 Å². The van der Waals surface area contributed by atoms with Gasteiger partial charge in [-0.1, -0.05) is 0 Å². The Morgan fingerprint density at radius 3 is 2.85 bits per heavy atom. The van der Waals surface area contributed by atoms with Crippen molar-refractivity contribution >= 4 is 5.97 Å². The number of aryl methyl sites for hydroxylation is 2. The molecule has 0 aliphatic heterocycles. The highest BCUT2D eigenvalue weighted by Crippen LogP contribution is 2.29. The Balaban J connectivity index is 1.99. The second kappa shape index (κ2) is 4.81. The summed E-state index contributed by atoms with van der Waals surface area (Å²) in [7, 11) is 0. The first-order chi connectivity index (χ1) is 9.58. The Morgan fingerprint density at radius 1 is 1.40 bits per heavy atom. The van der Waals surface area contributed by atoms with E-state index in [9.17, 15) is 4.79 Å². The summed E-state index contributed by atoms with van der Waals surface area (Å²) in [6.45, 7) is 4.02. The molecule has 1 unspecified atom stereocenters. The summed E-state index contributed by atoms with van der Waals surface area (Å²) in [5.41, 5.74) is 2.46. The molecule has 20 heavy (non-hydrogen) atoms. The van der Waals surface area contributed by atoms with Crippen LogP contribution in [-0.4, -0.2) is 20.6 Å². The van der Waals surface area contributed by atoms with Gasteiger partial charge < -0.3 is 14.1 Å². The summed E-state index contributed by atoms with van der Waals surface area (Å²) >= 11 is 0. The molecule has 1 aliphatic rings. The Morgan fingerprint density at radius 2 is 2.15 bits per heavy atom. The lowest BCUT2D eigenvalue weighted by atomic mass is 10.0. The van der Waals surface area contributed by atoms with Crippen molar-refractivity contribution in [2.45, 2.75) is 45.6 Å². The molecule has 5 heteroatoms. The maximum atomic E-state index is 10.9. The molecule has 3 rings (SSSR count). The number of fused-ring (bicyclic) bond motifs is 1. The molecular weight excluding hydrogens is 256 g/mol. The van der Waals surface area contributed by atoms with Gasteiger partial charge in [0.1, 0.15) is 11.6 Å². The zero-order valence-corrected chi connectivity index (χ0v) is 11.7. The third-order valence-electron chi connectivity index (χ3n) is 3.98. The number of carboxylic acids is 1. The van der Waals surface area contributed by atoms with Crippen molar-refractivity contribution < 1.29 is 14.3 Å². The van der Waals surface area contributed by atoms with Crippen molar-refractivity contribution in [1.82, 2.24) is 9.55 Å². The van der Waals surface area contributed by atoms with Gasteiger partial charge in [-0.15, -0.1) is 0 Å². The number of aromatic nitrogens is 2. The number of hydrogen-bond donors (Lipinski definition) is 1. The van der Waals surface area contributed by atoms with E-state index in [-0.39, 0.29) is 11.8 Å². The van der Waals surface area contributed by atoms with Crippen LogP contribution in [0, 0.1) is 6.92 Å². The van der Waals surface area contributed by atoms with Gasteiger partial charge in [0.25, 0.3) is 0 Å². The van der Waals surface area contributed by atoms with Crippen LogP contribution in [0.5, 0.6) is 0 Å². The molecule has 0 fully saturated rings. The summed E-state index contributed by atoms with van der Waals surface area (Å²) in [5.74, 6) is 0.584. The lowest BCUT2D eigenvalue weighted by Crippen LogP contribution is -2.14. The number of nitrogens with zero attached hydrogens (tertiary/aromatic N) is 2. The number of aromatic carboxylic acids is 1.